The Morgan fingerprint density at radius 3 is 2.13 bits per heavy atom. The number of amides is 1. The van der Waals surface area contributed by atoms with Crippen LogP contribution < -0.4 is 5.32 Å². The Bertz CT molecular complexity index is 1100. The molecule has 0 bridgehead atoms. The summed E-state index contributed by atoms with van der Waals surface area (Å²) in [5, 5.41) is 10.9. The number of anilines is 1. The van der Waals surface area contributed by atoms with E-state index in [0.29, 0.717) is 0 Å². The fourth-order valence-electron chi connectivity index (χ4n) is 3.73. The van der Waals surface area contributed by atoms with E-state index >= 15 is 0 Å². The number of halogens is 2. The maximum absolute atomic E-state index is 14.1. The Labute approximate surface area is 170 Å². The fourth-order valence-corrected chi connectivity index (χ4v) is 3.73. The molecule has 0 radical (unpaired) electrons. The molecule has 0 aromatic heterocycles. The molecule has 0 saturated carbocycles. The van der Waals surface area contributed by atoms with Crippen LogP contribution >= 0.6 is 0 Å². The summed E-state index contributed by atoms with van der Waals surface area (Å²) in [6.07, 6.45) is -1.59. The number of ether oxygens (including phenoxy) is 1. The van der Waals surface area contributed by atoms with Gasteiger partial charge in [-0.3, -0.25) is 10.1 Å². The third kappa shape index (κ3) is 3.74. The molecule has 5 nitrogen and oxygen atoms in total. The third-order valence-electron chi connectivity index (χ3n) is 5.06. The molecule has 30 heavy (non-hydrogen) atoms. The van der Waals surface area contributed by atoms with Crippen LogP contribution in [-0.2, 0) is 16.0 Å². The van der Waals surface area contributed by atoms with E-state index in [0.717, 1.165) is 34.4 Å². The van der Waals surface area contributed by atoms with E-state index in [1.165, 1.54) is 0 Å². The van der Waals surface area contributed by atoms with Gasteiger partial charge >= 0.3 is 12.1 Å². The van der Waals surface area contributed by atoms with Crippen molar-refractivity contribution in [2.75, 3.05) is 11.9 Å². The largest absolute Gasteiger partial charge is 0.481 e. The van der Waals surface area contributed by atoms with Crippen molar-refractivity contribution in [1.82, 2.24) is 0 Å². The first-order valence-corrected chi connectivity index (χ1v) is 9.25. The SMILES string of the molecule is O=C(O)Cc1cc(F)c(NC(=O)OCC2c3ccccc3-c3ccccc32)cc1F. The first-order chi connectivity index (χ1) is 14.4. The first kappa shape index (κ1) is 19.6. The van der Waals surface area contributed by atoms with E-state index < -0.39 is 35.8 Å². The minimum atomic E-state index is -1.29. The summed E-state index contributed by atoms with van der Waals surface area (Å²) in [6, 6.07) is 17.2. The molecule has 0 atom stereocenters. The lowest BCUT2D eigenvalue weighted by atomic mass is 9.98. The lowest BCUT2D eigenvalue weighted by Crippen LogP contribution is -2.19. The highest BCUT2D eigenvalue weighted by Crippen LogP contribution is 2.44. The van der Waals surface area contributed by atoms with Crippen molar-refractivity contribution in [1.29, 1.82) is 0 Å². The van der Waals surface area contributed by atoms with Crippen molar-refractivity contribution in [3.05, 3.63) is 89.0 Å². The quantitative estimate of drug-likeness (QED) is 0.625. The van der Waals surface area contributed by atoms with Crippen LogP contribution in [0.25, 0.3) is 11.1 Å². The summed E-state index contributed by atoms with van der Waals surface area (Å²) >= 11 is 0. The molecule has 3 aromatic rings. The molecule has 0 heterocycles. The molecule has 2 N–H and O–H groups in total. The zero-order chi connectivity index (χ0) is 21.3. The van der Waals surface area contributed by atoms with Gasteiger partial charge in [0.25, 0.3) is 0 Å². The molecule has 0 aliphatic heterocycles. The Kier molecular flexibility index (Phi) is 5.18. The second-order valence-electron chi connectivity index (χ2n) is 6.94. The van der Waals surface area contributed by atoms with E-state index in [1.54, 1.807) is 0 Å². The molecule has 1 amide bonds. The zero-order valence-corrected chi connectivity index (χ0v) is 15.7. The Morgan fingerprint density at radius 2 is 1.53 bits per heavy atom. The average molecular weight is 409 g/mol. The van der Waals surface area contributed by atoms with Crippen molar-refractivity contribution >= 4 is 17.7 Å². The summed E-state index contributed by atoms with van der Waals surface area (Å²) in [5.74, 6) is -3.32. The number of hydrogen-bond acceptors (Lipinski definition) is 3. The number of carboxylic acid groups (broad SMARTS) is 1. The highest BCUT2D eigenvalue weighted by Gasteiger charge is 2.29. The number of aliphatic carboxylic acids is 1. The predicted octanol–water partition coefficient (Wildman–Crippen LogP) is 4.95. The molecule has 1 aliphatic rings. The summed E-state index contributed by atoms with van der Waals surface area (Å²) in [5.41, 5.74) is 3.48. The Hall–Kier alpha value is -3.74. The van der Waals surface area contributed by atoms with Crippen LogP contribution in [0.3, 0.4) is 0 Å². The number of carbonyl (C=O) groups excluding carboxylic acids is 1. The van der Waals surface area contributed by atoms with Gasteiger partial charge in [-0.1, -0.05) is 48.5 Å². The number of hydrogen-bond donors (Lipinski definition) is 2. The summed E-state index contributed by atoms with van der Waals surface area (Å²) in [7, 11) is 0. The fraction of sp³-hybridized carbons (Fsp3) is 0.130. The number of rotatable bonds is 5. The highest BCUT2D eigenvalue weighted by molar-refractivity contribution is 5.85. The molecule has 3 aromatic carbocycles. The monoisotopic (exact) mass is 409 g/mol. The number of benzene rings is 3. The smallest absolute Gasteiger partial charge is 0.411 e. The van der Waals surface area contributed by atoms with Gasteiger partial charge in [-0.2, -0.15) is 0 Å². The van der Waals surface area contributed by atoms with Crippen molar-refractivity contribution in [3.8, 4) is 11.1 Å². The van der Waals surface area contributed by atoms with E-state index in [1.807, 2.05) is 48.5 Å². The van der Waals surface area contributed by atoms with Crippen molar-refractivity contribution in [3.63, 3.8) is 0 Å². The number of carboxylic acids is 1. The molecule has 0 unspecified atom stereocenters. The average Bonchev–Trinajstić information content (AvgIpc) is 3.04. The number of carbonyl (C=O) groups is 2. The second kappa shape index (κ2) is 7.94. The molecular weight excluding hydrogens is 392 g/mol. The molecule has 0 fully saturated rings. The molecule has 4 rings (SSSR count). The third-order valence-corrected chi connectivity index (χ3v) is 5.06. The summed E-state index contributed by atoms with van der Waals surface area (Å²) in [4.78, 5) is 22.9. The van der Waals surface area contributed by atoms with Crippen LogP contribution in [0.2, 0.25) is 0 Å². The van der Waals surface area contributed by atoms with Crippen molar-refractivity contribution in [2.24, 2.45) is 0 Å². The first-order valence-electron chi connectivity index (χ1n) is 9.25. The molecule has 1 aliphatic carbocycles. The van der Waals surface area contributed by atoms with Gasteiger partial charge in [0.15, 0.2) is 0 Å². The number of nitrogens with one attached hydrogen (secondary N) is 1. The van der Waals surface area contributed by atoms with E-state index in [-0.39, 0.29) is 18.1 Å². The van der Waals surface area contributed by atoms with Crippen LogP contribution in [0.15, 0.2) is 60.7 Å². The predicted molar refractivity (Wildman–Crippen MR) is 106 cm³/mol. The van der Waals surface area contributed by atoms with Crippen LogP contribution in [0.4, 0.5) is 19.3 Å². The van der Waals surface area contributed by atoms with E-state index in [4.69, 9.17) is 9.84 Å². The van der Waals surface area contributed by atoms with Gasteiger partial charge in [-0.05, 0) is 28.3 Å². The Balaban J connectivity index is 1.47. The van der Waals surface area contributed by atoms with Gasteiger partial charge < -0.3 is 9.84 Å². The van der Waals surface area contributed by atoms with Gasteiger partial charge in [-0.25, -0.2) is 13.6 Å². The Morgan fingerprint density at radius 1 is 0.933 bits per heavy atom. The highest BCUT2D eigenvalue weighted by atomic mass is 19.1. The normalized spacial score (nSPS) is 12.2. The molecule has 0 spiro atoms. The maximum Gasteiger partial charge on any atom is 0.411 e. The van der Waals surface area contributed by atoms with Crippen LogP contribution in [-0.4, -0.2) is 23.8 Å². The van der Waals surface area contributed by atoms with Gasteiger partial charge in [0.2, 0.25) is 0 Å². The zero-order valence-electron chi connectivity index (χ0n) is 15.7. The minimum Gasteiger partial charge on any atom is -0.481 e. The van der Waals surface area contributed by atoms with Crippen molar-refractivity contribution in [2.45, 2.75) is 12.3 Å². The molecule has 7 heteroatoms. The van der Waals surface area contributed by atoms with Crippen LogP contribution in [0.1, 0.15) is 22.6 Å². The van der Waals surface area contributed by atoms with Crippen molar-refractivity contribution < 1.29 is 28.2 Å². The van der Waals surface area contributed by atoms with Gasteiger partial charge in [-0.15, -0.1) is 0 Å². The maximum atomic E-state index is 14.1. The lowest BCUT2D eigenvalue weighted by Gasteiger charge is -2.15. The molecule has 0 saturated heterocycles. The molecular formula is C23H17F2NO4. The van der Waals surface area contributed by atoms with Crippen LogP contribution in [0, 0.1) is 11.6 Å². The van der Waals surface area contributed by atoms with Gasteiger partial charge in [0.05, 0.1) is 12.1 Å². The summed E-state index contributed by atoms with van der Waals surface area (Å²) < 4.78 is 33.4. The van der Waals surface area contributed by atoms with Crippen LogP contribution in [0.5, 0.6) is 0 Å². The number of fused-ring (bicyclic) bond motifs is 3. The van der Waals surface area contributed by atoms with Gasteiger partial charge in [0, 0.05) is 17.5 Å². The molecule has 152 valence electrons. The minimum absolute atomic E-state index is 0.0288. The van der Waals surface area contributed by atoms with E-state index in [9.17, 15) is 18.4 Å². The summed E-state index contributed by atoms with van der Waals surface area (Å²) in [6.45, 7) is 0.0288. The van der Waals surface area contributed by atoms with Gasteiger partial charge in [0.1, 0.15) is 18.2 Å². The van der Waals surface area contributed by atoms with E-state index in [2.05, 4.69) is 5.32 Å². The standard InChI is InChI=1S/C23H17F2NO4/c24-19-11-21(20(25)9-13(19)10-22(27)28)26-23(29)30-12-18-16-7-3-1-5-14(16)15-6-2-4-8-17(15)18/h1-9,11,18H,10,12H2,(H,26,29)(H,27,28). The second-order valence-corrected chi connectivity index (χ2v) is 6.94. The topological polar surface area (TPSA) is 75.6 Å². The lowest BCUT2D eigenvalue weighted by molar-refractivity contribution is -0.136.